The van der Waals surface area contributed by atoms with Crippen LogP contribution in [0.3, 0.4) is 0 Å². The van der Waals surface area contributed by atoms with Crippen molar-refractivity contribution in [2.45, 2.75) is 20.3 Å². The van der Waals surface area contributed by atoms with Crippen LogP contribution in [0.5, 0.6) is 0 Å². The first-order valence-electron chi connectivity index (χ1n) is 5.41. The predicted octanol–water partition coefficient (Wildman–Crippen LogP) is 2.32. The van der Waals surface area contributed by atoms with Crippen LogP contribution in [-0.4, -0.2) is 21.0 Å². The normalized spacial score (nSPS) is 10.5. The third-order valence-electron chi connectivity index (χ3n) is 2.65. The minimum atomic E-state index is -0.880. The number of aryl methyl sites for hydroxylation is 2. The summed E-state index contributed by atoms with van der Waals surface area (Å²) in [6, 6.07) is 7.93. The molecule has 2 aromatic rings. The predicted molar refractivity (Wildman–Crippen MR) is 64.8 cm³/mol. The molecule has 0 amide bonds. The van der Waals surface area contributed by atoms with Gasteiger partial charge in [-0.2, -0.15) is 0 Å². The molecule has 4 heteroatoms. The first-order valence-corrected chi connectivity index (χ1v) is 5.41. The van der Waals surface area contributed by atoms with Crippen molar-refractivity contribution >= 4 is 5.97 Å². The van der Waals surface area contributed by atoms with Crippen molar-refractivity contribution in [3.05, 3.63) is 41.3 Å². The number of nitrogens with one attached hydrogen (secondary N) is 1. The fourth-order valence-corrected chi connectivity index (χ4v) is 1.85. The van der Waals surface area contributed by atoms with E-state index in [0.717, 1.165) is 22.5 Å². The molecule has 0 fully saturated rings. The van der Waals surface area contributed by atoms with Gasteiger partial charge in [-0.05, 0) is 19.4 Å². The molecule has 2 N–H and O–H groups in total. The average molecular weight is 230 g/mol. The van der Waals surface area contributed by atoms with E-state index >= 15 is 0 Å². The molecule has 1 aromatic carbocycles. The third kappa shape index (κ3) is 2.36. The van der Waals surface area contributed by atoms with Gasteiger partial charge in [0, 0.05) is 11.3 Å². The minimum absolute atomic E-state index is 0.0767. The second-order valence-corrected chi connectivity index (χ2v) is 4.04. The van der Waals surface area contributed by atoms with E-state index in [9.17, 15) is 4.79 Å². The lowest BCUT2D eigenvalue weighted by atomic mass is 10.1. The highest BCUT2D eigenvalue weighted by Gasteiger charge is 2.12. The topological polar surface area (TPSA) is 66.0 Å². The second kappa shape index (κ2) is 4.41. The first kappa shape index (κ1) is 11.4. The smallest absolute Gasteiger partial charge is 0.311 e. The van der Waals surface area contributed by atoms with Gasteiger partial charge in [-0.25, -0.2) is 4.98 Å². The summed E-state index contributed by atoms with van der Waals surface area (Å²) >= 11 is 0. The molecular weight excluding hydrogens is 216 g/mol. The minimum Gasteiger partial charge on any atom is -0.481 e. The molecule has 0 aliphatic carbocycles. The fraction of sp³-hybridized carbons (Fsp3) is 0.231. The number of imidazole rings is 1. The van der Waals surface area contributed by atoms with Crippen LogP contribution in [0, 0.1) is 13.8 Å². The van der Waals surface area contributed by atoms with Crippen LogP contribution in [-0.2, 0) is 11.2 Å². The zero-order valence-electron chi connectivity index (χ0n) is 9.82. The lowest BCUT2D eigenvalue weighted by Crippen LogP contribution is -2.01. The molecule has 0 spiro atoms. The first-order chi connectivity index (χ1) is 8.08. The lowest BCUT2D eigenvalue weighted by Gasteiger charge is -2.02. The Hall–Kier alpha value is -2.10. The van der Waals surface area contributed by atoms with E-state index in [-0.39, 0.29) is 6.42 Å². The molecule has 4 nitrogen and oxygen atoms in total. The summed E-state index contributed by atoms with van der Waals surface area (Å²) in [5.74, 6) is -0.386. The Morgan fingerprint density at radius 3 is 2.71 bits per heavy atom. The number of hydrogen-bond acceptors (Lipinski definition) is 2. The Bertz CT molecular complexity index is 558. The van der Waals surface area contributed by atoms with E-state index in [0.29, 0.717) is 5.82 Å². The van der Waals surface area contributed by atoms with E-state index in [1.807, 2.05) is 38.1 Å². The number of aromatic nitrogens is 2. The third-order valence-corrected chi connectivity index (χ3v) is 2.65. The number of rotatable bonds is 3. The number of carboxylic acid groups (broad SMARTS) is 1. The molecule has 0 atom stereocenters. The Kier molecular flexibility index (Phi) is 2.95. The zero-order chi connectivity index (χ0) is 12.4. The Balaban J connectivity index is 2.43. The van der Waals surface area contributed by atoms with Crippen molar-refractivity contribution in [2.75, 3.05) is 0 Å². The number of hydrogen-bond donors (Lipinski definition) is 2. The maximum Gasteiger partial charge on any atom is 0.311 e. The van der Waals surface area contributed by atoms with Crippen LogP contribution >= 0.6 is 0 Å². The van der Waals surface area contributed by atoms with Crippen molar-refractivity contribution in [2.24, 2.45) is 0 Å². The zero-order valence-corrected chi connectivity index (χ0v) is 9.82. The van der Waals surface area contributed by atoms with E-state index in [1.54, 1.807) is 0 Å². The van der Waals surface area contributed by atoms with Crippen LogP contribution in [0.25, 0.3) is 11.3 Å². The quantitative estimate of drug-likeness (QED) is 0.850. The van der Waals surface area contributed by atoms with Crippen LogP contribution < -0.4 is 0 Å². The fourth-order valence-electron chi connectivity index (χ4n) is 1.85. The summed E-state index contributed by atoms with van der Waals surface area (Å²) in [4.78, 5) is 18.0. The van der Waals surface area contributed by atoms with E-state index in [1.165, 1.54) is 0 Å². The molecule has 1 heterocycles. The van der Waals surface area contributed by atoms with Crippen LogP contribution in [0.2, 0.25) is 0 Å². The van der Waals surface area contributed by atoms with Crippen LogP contribution in [0.15, 0.2) is 24.3 Å². The average Bonchev–Trinajstić information content (AvgIpc) is 2.59. The van der Waals surface area contributed by atoms with Gasteiger partial charge in [0.2, 0.25) is 0 Å². The van der Waals surface area contributed by atoms with Crippen molar-refractivity contribution in [1.29, 1.82) is 0 Å². The maximum absolute atomic E-state index is 10.6. The second-order valence-electron chi connectivity index (χ2n) is 4.04. The van der Waals surface area contributed by atoms with Gasteiger partial charge in [0.25, 0.3) is 0 Å². The van der Waals surface area contributed by atoms with E-state index in [2.05, 4.69) is 9.97 Å². The van der Waals surface area contributed by atoms with Crippen molar-refractivity contribution < 1.29 is 9.90 Å². The molecule has 0 aliphatic heterocycles. The number of aliphatic carboxylic acids is 1. The molecule has 0 radical (unpaired) electrons. The maximum atomic E-state index is 10.6. The lowest BCUT2D eigenvalue weighted by molar-refractivity contribution is -0.136. The van der Waals surface area contributed by atoms with Gasteiger partial charge in [-0.3, -0.25) is 4.79 Å². The summed E-state index contributed by atoms with van der Waals surface area (Å²) in [6.07, 6.45) is -0.0767. The number of carboxylic acids is 1. The van der Waals surface area contributed by atoms with Gasteiger partial charge in [-0.15, -0.1) is 0 Å². The SMILES string of the molecule is Cc1ccccc1-c1nc(CC(=O)O)[nH]c1C. The van der Waals surface area contributed by atoms with Gasteiger partial charge in [0.15, 0.2) is 0 Å². The molecule has 17 heavy (non-hydrogen) atoms. The highest BCUT2D eigenvalue weighted by Crippen LogP contribution is 2.24. The van der Waals surface area contributed by atoms with Crippen molar-refractivity contribution in [3.63, 3.8) is 0 Å². The van der Waals surface area contributed by atoms with Gasteiger partial charge in [0.1, 0.15) is 12.2 Å². The summed E-state index contributed by atoms with van der Waals surface area (Å²) in [5.41, 5.74) is 3.90. The largest absolute Gasteiger partial charge is 0.481 e. The molecule has 0 saturated heterocycles. The van der Waals surface area contributed by atoms with Gasteiger partial charge < -0.3 is 10.1 Å². The van der Waals surface area contributed by atoms with E-state index in [4.69, 9.17) is 5.11 Å². The van der Waals surface area contributed by atoms with Gasteiger partial charge in [0.05, 0.1) is 5.69 Å². The highest BCUT2D eigenvalue weighted by molar-refractivity contribution is 5.70. The van der Waals surface area contributed by atoms with E-state index < -0.39 is 5.97 Å². The Morgan fingerprint density at radius 1 is 1.35 bits per heavy atom. The number of H-pyrrole nitrogens is 1. The van der Waals surface area contributed by atoms with Crippen LogP contribution in [0.4, 0.5) is 0 Å². The molecule has 1 aromatic heterocycles. The molecule has 0 aliphatic rings. The molecular formula is C13H14N2O2. The Labute approximate surface area is 99.3 Å². The number of aromatic amines is 1. The summed E-state index contributed by atoms with van der Waals surface area (Å²) in [6.45, 7) is 3.92. The highest BCUT2D eigenvalue weighted by atomic mass is 16.4. The molecule has 2 rings (SSSR count). The van der Waals surface area contributed by atoms with Crippen LogP contribution in [0.1, 0.15) is 17.1 Å². The monoisotopic (exact) mass is 230 g/mol. The number of benzene rings is 1. The summed E-state index contributed by atoms with van der Waals surface area (Å²) < 4.78 is 0. The summed E-state index contributed by atoms with van der Waals surface area (Å²) in [7, 11) is 0. The van der Waals surface area contributed by atoms with Gasteiger partial charge in [-0.1, -0.05) is 24.3 Å². The molecule has 0 unspecified atom stereocenters. The molecule has 0 bridgehead atoms. The standard InChI is InChI=1S/C13H14N2O2/c1-8-5-3-4-6-10(8)13-9(2)14-11(15-13)7-12(16)17/h3-6H,7H2,1-2H3,(H,14,15)(H,16,17). The number of nitrogens with zero attached hydrogens (tertiary/aromatic N) is 1. The van der Waals surface area contributed by atoms with Crippen molar-refractivity contribution in [3.8, 4) is 11.3 Å². The van der Waals surface area contributed by atoms with Gasteiger partial charge >= 0.3 is 5.97 Å². The summed E-state index contributed by atoms with van der Waals surface area (Å²) in [5, 5.41) is 8.73. The van der Waals surface area contributed by atoms with Crippen molar-refractivity contribution in [1.82, 2.24) is 9.97 Å². The molecule has 88 valence electrons. The number of carbonyl (C=O) groups is 1. The Morgan fingerprint density at radius 2 is 2.06 bits per heavy atom. The molecule has 0 saturated carbocycles.